The molecule has 4 heteroatoms. The van der Waals surface area contributed by atoms with Crippen molar-refractivity contribution in [2.24, 2.45) is 5.73 Å². The predicted molar refractivity (Wildman–Crippen MR) is 93.0 cm³/mol. The molecule has 0 bridgehead atoms. The molecule has 0 unspecified atom stereocenters. The number of hydrogen-bond acceptors (Lipinski definition) is 4. The minimum Gasteiger partial charge on any atom is -0.493 e. The smallest absolute Gasteiger partial charge is 0.168 e. The molecule has 0 aliphatic heterocycles. The lowest BCUT2D eigenvalue weighted by molar-refractivity contribution is 0.355. The van der Waals surface area contributed by atoms with Crippen molar-refractivity contribution in [3.8, 4) is 22.6 Å². The van der Waals surface area contributed by atoms with Crippen molar-refractivity contribution in [1.29, 1.82) is 0 Å². The first kappa shape index (κ1) is 15.3. The van der Waals surface area contributed by atoms with Crippen LogP contribution in [0.2, 0.25) is 0 Å². The number of ether oxygens (including phenoxy) is 2. The van der Waals surface area contributed by atoms with Crippen LogP contribution in [0.1, 0.15) is 5.56 Å². The number of aromatic nitrogens is 1. The molecule has 3 rings (SSSR count). The van der Waals surface area contributed by atoms with E-state index in [4.69, 9.17) is 15.2 Å². The lowest BCUT2D eigenvalue weighted by atomic mass is 9.98. The van der Waals surface area contributed by atoms with Gasteiger partial charge in [0.1, 0.15) is 0 Å². The van der Waals surface area contributed by atoms with Crippen LogP contribution in [0.3, 0.4) is 0 Å². The SMILES string of the molecule is COc1cc(CCN)cc(-c2ccc3ncccc3c2)c1OC. The second-order valence-corrected chi connectivity index (χ2v) is 5.33. The van der Waals surface area contributed by atoms with Gasteiger partial charge in [-0.3, -0.25) is 4.98 Å². The maximum absolute atomic E-state index is 5.71. The Kier molecular flexibility index (Phi) is 4.44. The summed E-state index contributed by atoms with van der Waals surface area (Å²) in [6, 6.07) is 14.3. The van der Waals surface area contributed by atoms with Gasteiger partial charge in [0.05, 0.1) is 19.7 Å². The van der Waals surface area contributed by atoms with Gasteiger partial charge in [-0.15, -0.1) is 0 Å². The molecule has 3 aromatic rings. The highest BCUT2D eigenvalue weighted by Crippen LogP contribution is 2.40. The van der Waals surface area contributed by atoms with Crippen LogP contribution in [0.4, 0.5) is 0 Å². The first-order chi connectivity index (χ1) is 11.3. The molecule has 2 N–H and O–H groups in total. The zero-order valence-electron chi connectivity index (χ0n) is 13.4. The molecule has 0 aliphatic carbocycles. The number of fused-ring (bicyclic) bond motifs is 1. The van der Waals surface area contributed by atoms with E-state index in [1.54, 1.807) is 20.4 Å². The van der Waals surface area contributed by atoms with Crippen LogP contribution < -0.4 is 15.2 Å². The van der Waals surface area contributed by atoms with Crippen LogP contribution in [0.15, 0.2) is 48.7 Å². The fourth-order valence-corrected chi connectivity index (χ4v) is 2.79. The Hall–Kier alpha value is -2.59. The van der Waals surface area contributed by atoms with Gasteiger partial charge < -0.3 is 15.2 Å². The fraction of sp³-hybridized carbons (Fsp3) is 0.211. The van der Waals surface area contributed by atoms with Crippen molar-refractivity contribution in [3.05, 3.63) is 54.2 Å². The topological polar surface area (TPSA) is 57.4 Å². The minimum atomic E-state index is 0.594. The number of methoxy groups -OCH3 is 2. The van der Waals surface area contributed by atoms with Gasteiger partial charge in [0.2, 0.25) is 0 Å². The van der Waals surface area contributed by atoms with E-state index in [0.717, 1.165) is 45.5 Å². The Balaban J connectivity index is 2.20. The van der Waals surface area contributed by atoms with Crippen LogP contribution in [0.5, 0.6) is 11.5 Å². The van der Waals surface area contributed by atoms with Crippen LogP contribution in [0.25, 0.3) is 22.0 Å². The zero-order valence-corrected chi connectivity index (χ0v) is 13.4. The van der Waals surface area contributed by atoms with Crippen molar-refractivity contribution in [3.63, 3.8) is 0 Å². The van der Waals surface area contributed by atoms with Crippen LogP contribution in [-0.2, 0) is 6.42 Å². The fourth-order valence-electron chi connectivity index (χ4n) is 2.79. The summed E-state index contributed by atoms with van der Waals surface area (Å²) < 4.78 is 11.1. The van der Waals surface area contributed by atoms with E-state index >= 15 is 0 Å². The van der Waals surface area contributed by atoms with E-state index in [2.05, 4.69) is 29.2 Å². The van der Waals surface area contributed by atoms with Gasteiger partial charge in [-0.25, -0.2) is 0 Å². The Morgan fingerprint density at radius 1 is 1.04 bits per heavy atom. The first-order valence-corrected chi connectivity index (χ1v) is 7.57. The second-order valence-electron chi connectivity index (χ2n) is 5.33. The van der Waals surface area contributed by atoms with Gasteiger partial charge >= 0.3 is 0 Å². The van der Waals surface area contributed by atoms with Crippen molar-refractivity contribution < 1.29 is 9.47 Å². The predicted octanol–water partition coefficient (Wildman–Crippen LogP) is 3.42. The molecule has 2 aromatic carbocycles. The Labute approximate surface area is 135 Å². The van der Waals surface area contributed by atoms with E-state index in [-0.39, 0.29) is 0 Å². The summed E-state index contributed by atoms with van der Waals surface area (Å²) in [7, 11) is 3.31. The summed E-state index contributed by atoms with van der Waals surface area (Å²) >= 11 is 0. The average molecular weight is 308 g/mol. The molecule has 0 saturated carbocycles. The molecule has 0 fully saturated rings. The quantitative estimate of drug-likeness (QED) is 0.784. The second kappa shape index (κ2) is 6.67. The molecule has 118 valence electrons. The normalized spacial score (nSPS) is 10.7. The van der Waals surface area contributed by atoms with E-state index in [1.165, 1.54) is 0 Å². The van der Waals surface area contributed by atoms with Crippen LogP contribution in [-0.4, -0.2) is 25.7 Å². The van der Waals surface area contributed by atoms with E-state index in [1.807, 2.05) is 18.2 Å². The summed E-state index contributed by atoms with van der Waals surface area (Å²) in [5.74, 6) is 1.45. The Bertz CT molecular complexity index is 831. The molecular formula is C19H20N2O2. The van der Waals surface area contributed by atoms with E-state index in [0.29, 0.717) is 6.54 Å². The molecule has 0 amide bonds. The minimum absolute atomic E-state index is 0.594. The number of hydrogen-bond donors (Lipinski definition) is 1. The highest BCUT2D eigenvalue weighted by molar-refractivity contribution is 5.86. The number of nitrogens with zero attached hydrogens (tertiary/aromatic N) is 1. The highest BCUT2D eigenvalue weighted by atomic mass is 16.5. The molecule has 0 radical (unpaired) electrons. The number of nitrogens with two attached hydrogens (primary N) is 1. The summed E-state index contributed by atoms with van der Waals surface area (Å²) in [4.78, 5) is 4.37. The molecular weight excluding hydrogens is 288 g/mol. The van der Waals surface area contributed by atoms with Crippen molar-refractivity contribution >= 4 is 10.9 Å². The summed E-state index contributed by atoms with van der Waals surface area (Å²) in [5.41, 5.74) is 9.88. The van der Waals surface area contributed by atoms with Crippen LogP contribution in [0, 0.1) is 0 Å². The third-order valence-corrected chi connectivity index (χ3v) is 3.89. The van der Waals surface area contributed by atoms with E-state index in [9.17, 15) is 0 Å². The largest absolute Gasteiger partial charge is 0.493 e. The van der Waals surface area contributed by atoms with Gasteiger partial charge in [0.15, 0.2) is 11.5 Å². The molecule has 4 nitrogen and oxygen atoms in total. The van der Waals surface area contributed by atoms with Crippen molar-refractivity contribution in [1.82, 2.24) is 4.98 Å². The number of benzene rings is 2. The van der Waals surface area contributed by atoms with Gasteiger partial charge in [-0.05, 0) is 54.4 Å². The molecule has 0 saturated heterocycles. The third-order valence-electron chi connectivity index (χ3n) is 3.89. The van der Waals surface area contributed by atoms with E-state index < -0.39 is 0 Å². The lowest BCUT2D eigenvalue weighted by Crippen LogP contribution is -2.04. The first-order valence-electron chi connectivity index (χ1n) is 7.57. The third kappa shape index (κ3) is 2.98. The summed E-state index contributed by atoms with van der Waals surface area (Å²) in [6.07, 6.45) is 2.59. The Morgan fingerprint density at radius 3 is 2.65 bits per heavy atom. The summed E-state index contributed by atoms with van der Waals surface area (Å²) in [6.45, 7) is 0.594. The van der Waals surface area contributed by atoms with Crippen molar-refractivity contribution in [2.75, 3.05) is 20.8 Å². The highest BCUT2D eigenvalue weighted by Gasteiger charge is 2.14. The zero-order chi connectivity index (χ0) is 16.2. The molecule has 0 aliphatic rings. The molecule has 23 heavy (non-hydrogen) atoms. The van der Waals surface area contributed by atoms with Gasteiger partial charge in [0.25, 0.3) is 0 Å². The molecule has 0 spiro atoms. The maximum Gasteiger partial charge on any atom is 0.168 e. The van der Waals surface area contributed by atoms with Crippen molar-refractivity contribution in [2.45, 2.75) is 6.42 Å². The Morgan fingerprint density at radius 2 is 1.91 bits per heavy atom. The molecule has 0 atom stereocenters. The standard InChI is InChI=1S/C19H20N2O2/c1-22-18-11-13(7-8-20)10-16(19(18)23-2)14-5-6-17-15(12-14)4-3-9-21-17/h3-6,9-12H,7-8,20H2,1-2H3. The lowest BCUT2D eigenvalue weighted by Gasteiger charge is -2.15. The van der Waals surface area contributed by atoms with Gasteiger partial charge in [-0.1, -0.05) is 12.1 Å². The van der Waals surface area contributed by atoms with Gasteiger partial charge in [-0.2, -0.15) is 0 Å². The number of rotatable bonds is 5. The van der Waals surface area contributed by atoms with Crippen LogP contribution >= 0.6 is 0 Å². The number of pyridine rings is 1. The monoisotopic (exact) mass is 308 g/mol. The summed E-state index contributed by atoms with van der Waals surface area (Å²) in [5, 5.41) is 1.09. The maximum atomic E-state index is 5.71. The molecule has 1 aromatic heterocycles. The van der Waals surface area contributed by atoms with Gasteiger partial charge in [0, 0.05) is 17.1 Å². The average Bonchev–Trinajstić information content (AvgIpc) is 2.60. The molecule has 1 heterocycles.